The van der Waals surface area contributed by atoms with Gasteiger partial charge < -0.3 is 9.84 Å². The molecule has 0 radical (unpaired) electrons. The molecule has 1 N–H and O–H groups in total. The van der Waals surface area contributed by atoms with Gasteiger partial charge in [-0.3, -0.25) is 9.78 Å². The fraction of sp³-hybridized carbons (Fsp3) is 0.500. The van der Waals surface area contributed by atoms with Gasteiger partial charge in [0.05, 0.1) is 17.8 Å². The molecule has 1 aromatic heterocycles. The number of hydrogen-bond acceptors (Lipinski definition) is 3. The van der Waals surface area contributed by atoms with Crippen LogP contribution < -0.4 is 0 Å². The van der Waals surface area contributed by atoms with Gasteiger partial charge in [0.25, 0.3) is 0 Å². The van der Waals surface area contributed by atoms with E-state index in [0.29, 0.717) is 6.61 Å². The van der Waals surface area contributed by atoms with Crippen molar-refractivity contribution in [1.29, 1.82) is 0 Å². The third-order valence-electron chi connectivity index (χ3n) is 3.36. The number of methoxy groups -OCH3 is 1. The van der Waals surface area contributed by atoms with Crippen LogP contribution in [0.15, 0.2) is 48.6 Å². The van der Waals surface area contributed by atoms with Gasteiger partial charge in [-0.2, -0.15) is 0 Å². The molecule has 0 unspecified atom stereocenters. The van der Waals surface area contributed by atoms with Crippen LogP contribution in [0.3, 0.4) is 0 Å². The number of benzene rings is 1. The lowest BCUT2D eigenvalue weighted by Crippen LogP contribution is -1.99. The van der Waals surface area contributed by atoms with Crippen LogP contribution in [0.4, 0.5) is 0 Å². The maximum Gasteiger partial charge on any atom is 0.303 e. The molecule has 2 aromatic rings. The van der Waals surface area contributed by atoms with Crippen molar-refractivity contribution < 1.29 is 14.6 Å². The lowest BCUT2D eigenvalue weighted by atomic mass is 10.1. The number of terminal acetylenes is 2. The van der Waals surface area contributed by atoms with Gasteiger partial charge >= 0.3 is 5.97 Å². The highest BCUT2D eigenvalue weighted by Gasteiger charge is 1.98. The molecule has 1 heterocycles. The number of fused-ring (bicyclic) bond motifs is 1. The van der Waals surface area contributed by atoms with Gasteiger partial charge in [0.1, 0.15) is 0 Å². The minimum atomic E-state index is -0.713. The lowest BCUT2D eigenvalue weighted by molar-refractivity contribution is -0.137. The second kappa shape index (κ2) is 45.4. The molecule has 0 bridgehead atoms. The molecule has 4 heteroatoms. The first-order valence-corrected chi connectivity index (χ1v) is 12.6. The molecule has 206 valence electrons. The van der Waals surface area contributed by atoms with Crippen LogP contribution in [-0.2, 0) is 16.1 Å². The molecule has 36 heavy (non-hydrogen) atoms. The zero-order chi connectivity index (χ0) is 29.8. The molecular weight excluding hydrogens is 446 g/mol. The van der Waals surface area contributed by atoms with Crippen molar-refractivity contribution in [2.24, 2.45) is 5.92 Å². The topological polar surface area (TPSA) is 59.4 Å². The van der Waals surface area contributed by atoms with E-state index in [1.807, 2.05) is 91.8 Å². The smallest absolute Gasteiger partial charge is 0.303 e. The monoisotopic (exact) mass is 501 g/mol. The number of aromatic nitrogens is 1. The Morgan fingerprint density at radius 3 is 1.67 bits per heavy atom. The van der Waals surface area contributed by atoms with Crippen LogP contribution in [-0.4, -0.2) is 23.2 Å². The van der Waals surface area contributed by atoms with Gasteiger partial charge in [-0.15, -0.1) is 25.7 Å². The Morgan fingerprint density at radius 1 is 0.917 bits per heavy atom. The Morgan fingerprint density at radius 2 is 1.36 bits per heavy atom. The summed E-state index contributed by atoms with van der Waals surface area (Å²) in [5.74, 6) is -0.438. The van der Waals surface area contributed by atoms with Gasteiger partial charge in [-0.1, -0.05) is 105 Å². The summed E-state index contributed by atoms with van der Waals surface area (Å²) in [5, 5.41) is 9.25. The summed E-state index contributed by atoms with van der Waals surface area (Å²) in [6.07, 6.45) is 22.9. The van der Waals surface area contributed by atoms with Crippen LogP contribution in [0, 0.1) is 31.6 Å². The highest BCUT2D eigenvalue weighted by atomic mass is 16.5. The summed E-state index contributed by atoms with van der Waals surface area (Å²) >= 11 is 0. The Bertz CT molecular complexity index is 720. The first-order chi connectivity index (χ1) is 17.4. The number of para-hydroxylation sites is 1. The maximum absolute atomic E-state index is 9.81. The molecular formula is C32H55NO3. The number of aliphatic carboxylic acids is 1. The number of rotatable bonds is 5. The Kier molecular flexibility index (Phi) is 58.4. The van der Waals surface area contributed by atoms with E-state index in [9.17, 15) is 4.79 Å². The molecule has 4 nitrogen and oxygen atoms in total. The van der Waals surface area contributed by atoms with Crippen LogP contribution in [0.25, 0.3) is 10.9 Å². The zero-order valence-corrected chi connectivity index (χ0v) is 25.0. The van der Waals surface area contributed by atoms with E-state index in [1.165, 1.54) is 18.2 Å². The van der Waals surface area contributed by atoms with E-state index >= 15 is 0 Å². The number of carbonyl (C=O) groups is 1. The lowest BCUT2D eigenvalue weighted by Gasteiger charge is -2.00. The number of nitrogens with zero attached hydrogens (tertiary/aromatic N) is 1. The number of hydrogen-bond donors (Lipinski definition) is 1. The second-order valence-electron chi connectivity index (χ2n) is 6.59. The van der Waals surface area contributed by atoms with E-state index < -0.39 is 5.97 Å². The fourth-order valence-electron chi connectivity index (χ4n) is 1.69. The van der Waals surface area contributed by atoms with Crippen LogP contribution in [0.5, 0.6) is 0 Å². The maximum atomic E-state index is 9.81. The summed E-state index contributed by atoms with van der Waals surface area (Å²) in [6, 6.07) is 12.1. The van der Waals surface area contributed by atoms with Gasteiger partial charge in [-0.05, 0) is 31.9 Å². The van der Waals surface area contributed by atoms with Gasteiger partial charge in [-0.25, -0.2) is 0 Å². The van der Waals surface area contributed by atoms with E-state index in [4.69, 9.17) is 9.84 Å². The van der Waals surface area contributed by atoms with Crippen molar-refractivity contribution in [3.63, 3.8) is 0 Å². The van der Waals surface area contributed by atoms with Crippen molar-refractivity contribution in [3.05, 3.63) is 54.2 Å². The quantitative estimate of drug-likeness (QED) is 0.327. The van der Waals surface area contributed by atoms with Crippen molar-refractivity contribution in [2.75, 3.05) is 7.11 Å². The number of carboxylic acids is 1. The highest BCUT2D eigenvalue weighted by Crippen LogP contribution is 2.11. The Hall–Kier alpha value is -3.08. The number of allylic oxidation sites excluding steroid dienone is 2. The normalized spacial score (nSPS) is 8.00. The molecule has 0 spiro atoms. The van der Waals surface area contributed by atoms with Crippen molar-refractivity contribution in [2.45, 2.75) is 95.1 Å². The Labute approximate surface area is 224 Å². The minimum absolute atomic E-state index is 0.275. The van der Waals surface area contributed by atoms with Crippen LogP contribution in [0.1, 0.15) is 94.2 Å². The van der Waals surface area contributed by atoms with Gasteiger partial charge in [0, 0.05) is 18.9 Å². The Balaban J connectivity index is -0.0000000841. The summed E-state index contributed by atoms with van der Waals surface area (Å²) < 4.78 is 5.01. The average molecular weight is 502 g/mol. The van der Waals surface area contributed by atoms with Gasteiger partial charge in [0.2, 0.25) is 0 Å². The van der Waals surface area contributed by atoms with Crippen LogP contribution >= 0.6 is 0 Å². The van der Waals surface area contributed by atoms with E-state index in [1.54, 1.807) is 7.11 Å². The van der Waals surface area contributed by atoms with Crippen LogP contribution in [0.2, 0.25) is 0 Å². The molecule has 0 aliphatic rings. The first-order valence-electron chi connectivity index (χ1n) is 12.6. The molecule has 0 saturated carbocycles. The van der Waals surface area contributed by atoms with Gasteiger partial charge in [0.15, 0.2) is 0 Å². The predicted molar refractivity (Wildman–Crippen MR) is 163 cm³/mol. The SMILES string of the molecule is C#C.C#C.C/C=C\C.CC.CC.CC(C)CC(=O)O.CCCC.COCc1ccc2ccccc2n1. The molecule has 1 aromatic carbocycles. The third-order valence-corrected chi connectivity index (χ3v) is 3.36. The number of ether oxygens (including phenoxy) is 1. The first kappa shape index (κ1) is 46.3. The summed E-state index contributed by atoms with van der Waals surface area (Å²) in [6.45, 7) is 20.7. The predicted octanol–water partition coefficient (Wildman–Crippen LogP) is 9.44. The van der Waals surface area contributed by atoms with E-state index in [-0.39, 0.29) is 12.3 Å². The van der Waals surface area contributed by atoms with E-state index in [2.05, 4.69) is 56.7 Å². The molecule has 0 atom stereocenters. The molecule has 0 aliphatic carbocycles. The standard InChI is InChI=1S/C11H11NO.C5H10O2.C4H10.C4H8.2C2H6.2C2H2/c1-13-8-10-7-6-9-4-2-3-5-11(9)12-10;1-4(2)3-5(6)7;2*1-3-4-2;4*1-2/h2-7H,8H2,1H3;4H,3H2,1-2H3,(H,6,7);3-4H2,1-2H3;3-4H,1-2H3;2*1-2H3;2*1-2H/b;;;4-3-;;;;. The number of pyridine rings is 1. The number of carboxylic acid groups (broad SMARTS) is 1. The minimum Gasteiger partial charge on any atom is -0.481 e. The summed E-state index contributed by atoms with van der Waals surface area (Å²) in [7, 11) is 1.68. The molecule has 2 rings (SSSR count). The summed E-state index contributed by atoms with van der Waals surface area (Å²) in [4.78, 5) is 14.2. The van der Waals surface area contributed by atoms with Crippen molar-refractivity contribution in [3.8, 4) is 25.7 Å². The second-order valence-corrected chi connectivity index (χ2v) is 6.59. The van der Waals surface area contributed by atoms with Crippen molar-refractivity contribution in [1.82, 2.24) is 4.98 Å². The molecule has 0 fully saturated rings. The zero-order valence-electron chi connectivity index (χ0n) is 25.0. The average Bonchev–Trinajstić information content (AvgIpc) is 2.93. The molecule has 0 amide bonds. The summed E-state index contributed by atoms with van der Waals surface area (Å²) in [5.41, 5.74) is 2.00. The largest absolute Gasteiger partial charge is 0.481 e. The third kappa shape index (κ3) is 41.2. The molecule has 0 aliphatic heterocycles. The number of unbranched alkanes of at least 4 members (excludes halogenated alkanes) is 1. The highest BCUT2D eigenvalue weighted by molar-refractivity contribution is 5.78. The van der Waals surface area contributed by atoms with Crippen molar-refractivity contribution >= 4 is 16.9 Å². The molecule has 0 saturated heterocycles. The fourth-order valence-corrected chi connectivity index (χ4v) is 1.69. The van der Waals surface area contributed by atoms with E-state index in [0.717, 1.165) is 11.2 Å².